The van der Waals surface area contributed by atoms with Gasteiger partial charge < -0.3 is 5.32 Å². The molecule has 8 nitrogen and oxygen atoms in total. The Labute approximate surface area is 148 Å². The Morgan fingerprint density at radius 1 is 1.31 bits per heavy atom. The quantitative estimate of drug-likeness (QED) is 0.546. The third-order valence-electron chi connectivity index (χ3n) is 3.97. The predicted octanol–water partition coefficient (Wildman–Crippen LogP) is 1.39. The molecule has 3 aromatic rings. The van der Waals surface area contributed by atoms with Crippen LogP contribution < -0.4 is 16.6 Å². The molecule has 0 aliphatic carbocycles. The van der Waals surface area contributed by atoms with Crippen molar-refractivity contribution in [1.82, 2.24) is 19.1 Å². The number of carbonyl (C=O) groups excluding carboxylic acids is 1. The van der Waals surface area contributed by atoms with Gasteiger partial charge in [-0.3, -0.25) is 23.7 Å². The molecule has 0 atom stereocenters. The molecule has 3 rings (SSSR count). The fraction of sp³-hybridized carbons (Fsp3) is 0.222. The normalized spacial score (nSPS) is 10.4. The molecule has 2 aromatic heterocycles. The first-order valence-corrected chi connectivity index (χ1v) is 7.90. The van der Waals surface area contributed by atoms with Crippen LogP contribution in [-0.4, -0.2) is 24.9 Å². The molecule has 132 valence electrons. The number of Topliss-reactive ketones (excluding diaryl/α,β-unsaturated/α-hetero) is 1. The fourth-order valence-electron chi connectivity index (χ4n) is 2.66. The van der Waals surface area contributed by atoms with Crippen LogP contribution in [0.2, 0.25) is 0 Å². The van der Waals surface area contributed by atoms with Crippen LogP contribution in [0.25, 0.3) is 11.2 Å². The zero-order chi connectivity index (χ0) is 18.8. The first kappa shape index (κ1) is 17.2. The summed E-state index contributed by atoms with van der Waals surface area (Å²) in [5, 5.41) is 3.09. The first-order valence-electron chi connectivity index (χ1n) is 7.90. The summed E-state index contributed by atoms with van der Waals surface area (Å²) in [5.41, 5.74) is 0.431. The van der Waals surface area contributed by atoms with Gasteiger partial charge >= 0.3 is 5.69 Å². The molecule has 0 unspecified atom stereocenters. The molecular formula is C18H17N5O3. The number of nitrogens with zero attached hydrogens (tertiary/aromatic N) is 3. The van der Waals surface area contributed by atoms with Gasteiger partial charge in [0, 0.05) is 12.6 Å². The Hall–Kier alpha value is -3.60. The van der Waals surface area contributed by atoms with Gasteiger partial charge in [-0.2, -0.15) is 4.98 Å². The number of aryl methyl sites for hydroxylation is 1. The molecule has 8 heteroatoms. The van der Waals surface area contributed by atoms with Gasteiger partial charge in [-0.15, -0.1) is 5.92 Å². The van der Waals surface area contributed by atoms with Crippen molar-refractivity contribution in [2.45, 2.75) is 20.4 Å². The smallest absolute Gasteiger partial charge is 0.325 e. The minimum atomic E-state index is -0.551. The monoisotopic (exact) mass is 351 g/mol. The number of fused-ring (bicyclic) bond motifs is 1. The van der Waals surface area contributed by atoms with Crippen molar-refractivity contribution in [3.05, 3.63) is 50.7 Å². The molecule has 26 heavy (non-hydrogen) atoms. The minimum Gasteiger partial charge on any atom is -0.325 e. The van der Waals surface area contributed by atoms with Crippen LogP contribution in [-0.2, 0) is 13.6 Å². The highest BCUT2D eigenvalue weighted by Crippen LogP contribution is 2.23. The molecule has 2 heterocycles. The van der Waals surface area contributed by atoms with Crippen molar-refractivity contribution in [1.29, 1.82) is 0 Å². The molecular weight excluding hydrogens is 334 g/mol. The van der Waals surface area contributed by atoms with Crippen LogP contribution in [0.15, 0.2) is 33.9 Å². The van der Waals surface area contributed by atoms with Crippen LogP contribution in [0.4, 0.5) is 11.6 Å². The summed E-state index contributed by atoms with van der Waals surface area (Å²) in [6.07, 6.45) is 0. The van der Waals surface area contributed by atoms with Gasteiger partial charge in [0.05, 0.1) is 12.2 Å². The highest BCUT2D eigenvalue weighted by Gasteiger charge is 2.18. The predicted molar refractivity (Wildman–Crippen MR) is 98.8 cm³/mol. The number of aromatic nitrogens is 4. The van der Waals surface area contributed by atoms with Crippen molar-refractivity contribution in [2.75, 3.05) is 5.32 Å². The summed E-state index contributed by atoms with van der Waals surface area (Å²) in [6.45, 7) is 3.37. The van der Waals surface area contributed by atoms with Crippen molar-refractivity contribution in [3.63, 3.8) is 0 Å². The topological polar surface area (TPSA) is 102 Å². The van der Waals surface area contributed by atoms with E-state index >= 15 is 0 Å². The van der Waals surface area contributed by atoms with Gasteiger partial charge in [0.25, 0.3) is 5.56 Å². The van der Waals surface area contributed by atoms with Gasteiger partial charge in [-0.25, -0.2) is 4.79 Å². The van der Waals surface area contributed by atoms with E-state index in [-0.39, 0.29) is 23.5 Å². The Morgan fingerprint density at radius 3 is 2.73 bits per heavy atom. The van der Waals surface area contributed by atoms with E-state index in [2.05, 4.69) is 27.1 Å². The Bertz CT molecular complexity index is 1190. The maximum atomic E-state index is 12.3. The van der Waals surface area contributed by atoms with Crippen molar-refractivity contribution >= 4 is 28.6 Å². The first-order chi connectivity index (χ1) is 12.4. The summed E-state index contributed by atoms with van der Waals surface area (Å²) in [6, 6.07) is 7.00. The molecule has 0 radical (unpaired) electrons. The molecule has 0 amide bonds. The van der Waals surface area contributed by atoms with Gasteiger partial charge in [-0.05, 0) is 26.0 Å². The molecule has 0 aliphatic rings. The van der Waals surface area contributed by atoms with E-state index < -0.39 is 11.2 Å². The number of aromatic amines is 1. The van der Waals surface area contributed by atoms with Crippen molar-refractivity contribution in [3.8, 4) is 11.8 Å². The van der Waals surface area contributed by atoms with E-state index in [1.807, 2.05) is 0 Å². The van der Waals surface area contributed by atoms with Crippen molar-refractivity contribution in [2.24, 2.45) is 7.05 Å². The zero-order valence-corrected chi connectivity index (χ0v) is 14.6. The lowest BCUT2D eigenvalue weighted by molar-refractivity contribution is 0.101. The number of hydrogen-bond donors (Lipinski definition) is 2. The third-order valence-corrected chi connectivity index (χ3v) is 3.97. The number of rotatable bonds is 4. The number of anilines is 2. The molecule has 0 bridgehead atoms. The van der Waals surface area contributed by atoms with Crippen LogP contribution in [0.3, 0.4) is 0 Å². The van der Waals surface area contributed by atoms with Gasteiger partial charge in [0.15, 0.2) is 16.9 Å². The Morgan fingerprint density at radius 2 is 2.04 bits per heavy atom. The number of hydrogen-bond acceptors (Lipinski definition) is 5. The number of nitrogens with one attached hydrogen (secondary N) is 2. The average Bonchev–Trinajstić information content (AvgIpc) is 2.97. The lowest BCUT2D eigenvalue weighted by atomic mass is 10.1. The maximum Gasteiger partial charge on any atom is 0.329 e. The van der Waals surface area contributed by atoms with E-state index in [0.717, 1.165) is 0 Å². The molecule has 0 aliphatic heterocycles. The summed E-state index contributed by atoms with van der Waals surface area (Å²) in [5.74, 6) is 5.89. The third kappa shape index (κ3) is 2.91. The van der Waals surface area contributed by atoms with Crippen LogP contribution in [0.1, 0.15) is 24.2 Å². The second-order valence-electron chi connectivity index (χ2n) is 5.67. The molecule has 0 saturated heterocycles. The molecule has 0 fully saturated rings. The number of para-hydroxylation sites is 1. The minimum absolute atomic E-state index is 0.102. The van der Waals surface area contributed by atoms with E-state index in [4.69, 9.17) is 0 Å². The van der Waals surface area contributed by atoms with E-state index in [0.29, 0.717) is 17.2 Å². The standard InChI is InChI=1S/C18H17N5O3/c1-4-5-10-23-14-15(22(3)18(26)21-16(14)25)20-17(23)19-13-9-7-6-8-12(13)11(2)24/h6-9H,10H2,1-3H3,(H,19,20)(H,21,25,26). The Balaban J connectivity index is 2.26. The number of benzene rings is 1. The number of carbonyl (C=O) groups is 1. The maximum absolute atomic E-state index is 12.3. The van der Waals surface area contributed by atoms with E-state index in [1.54, 1.807) is 35.8 Å². The lowest BCUT2D eigenvalue weighted by Gasteiger charge is -2.10. The van der Waals surface area contributed by atoms with Gasteiger partial charge in [0.1, 0.15) is 0 Å². The molecule has 0 spiro atoms. The summed E-state index contributed by atoms with van der Waals surface area (Å²) in [7, 11) is 1.52. The van der Waals surface area contributed by atoms with Gasteiger partial charge in [0.2, 0.25) is 5.95 Å². The Kier molecular flexibility index (Phi) is 4.45. The summed E-state index contributed by atoms with van der Waals surface area (Å²) in [4.78, 5) is 42.7. The van der Waals surface area contributed by atoms with E-state index in [9.17, 15) is 14.4 Å². The highest BCUT2D eigenvalue weighted by atomic mass is 16.2. The van der Waals surface area contributed by atoms with Crippen molar-refractivity contribution < 1.29 is 4.79 Å². The van der Waals surface area contributed by atoms with E-state index in [1.165, 1.54) is 18.5 Å². The number of ketones is 1. The molecule has 1 aromatic carbocycles. The number of H-pyrrole nitrogens is 1. The van der Waals surface area contributed by atoms with Gasteiger partial charge in [-0.1, -0.05) is 18.1 Å². The van der Waals surface area contributed by atoms with Crippen LogP contribution in [0.5, 0.6) is 0 Å². The summed E-state index contributed by atoms with van der Waals surface area (Å²) < 4.78 is 2.84. The SMILES string of the molecule is CC#CCn1c(Nc2ccccc2C(C)=O)nc2c1c(=O)[nH]c(=O)n2C. The number of imidazole rings is 1. The summed E-state index contributed by atoms with van der Waals surface area (Å²) >= 11 is 0. The van der Waals surface area contributed by atoms with Crippen LogP contribution >= 0.6 is 0 Å². The molecule has 0 saturated carbocycles. The fourth-order valence-corrected chi connectivity index (χ4v) is 2.66. The molecule has 2 N–H and O–H groups in total. The highest BCUT2D eigenvalue weighted by molar-refractivity contribution is 6.00. The second-order valence-corrected chi connectivity index (χ2v) is 5.67. The second kappa shape index (κ2) is 6.72. The average molecular weight is 351 g/mol. The zero-order valence-electron chi connectivity index (χ0n) is 14.6. The van der Waals surface area contributed by atoms with Crippen LogP contribution in [0, 0.1) is 11.8 Å². The lowest BCUT2D eigenvalue weighted by Crippen LogP contribution is -2.29. The largest absolute Gasteiger partial charge is 0.329 e.